The van der Waals surface area contributed by atoms with Crippen LogP contribution in [0.25, 0.3) is 0 Å². The van der Waals surface area contributed by atoms with Crippen LogP contribution in [-0.4, -0.2) is 45.7 Å². The third-order valence-corrected chi connectivity index (χ3v) is 5.92. The highest BCUT2D eigenvalue weighted by Gasteiger charge is 2.39. The van der Waals surface area contributed by atoms with E-state index in [1.54, 1.807) is 12.1 Å². The number of amides is 1. The number of hydrogen-bond donors (Lipinski definition) is 2. The van der Waals surface area contributed by atoms with E-state index in [9.17, 15) is 23.5 Å². The van der Waals surface area contributed by atoms with Crippen molar-refractivity contribution < 1.29 is 28.6 Å². The van der Waals surface area contributed by atoms with Crippen molar-refractivity contribution in [2.24, 2.45) is 0 Å². The number of carboxylic acids is 1. The summed E-state index contributed by atoms with van der Waals surface area (Å²) in [5.74, 6) is 1.07. The van der Waals surface area contributed by atoms with Gasteiger partial charge in [0.05, 0.1) is 17.5 Å². The molecule has 0 aliphatic carbocycles. The monoisotopic (exact) mass is 445 g/mol. The number of alkyl halides is 2. The number of nitrogens with zero attached hydrogens (tertiary/aromatic N) is 1. The Hall–Kier alpha value is -3.02. The summed E-state index contributed by atoms with van der Waals surface area (Å²) in [4.78, 5) is 25.5. The van der Waals surface area contributed by atoms with Crippen molar-refractivity contribution in [3.63, 3.8) is 0 Å². The molecule has 5 nitrogen and oxygen atoms in total. The second-order valence-electron chi connectivity index (χ2n) is 7.07. The van der Waals surface area contributed by atoms with Crippen LogP contribution in [0.1, 0.15) is 39.4 Å². The predicted octanol–water partition coefficient (Wildman–Crippen LogP) is 3.89. The first kappa shape index (κ1) is 22.7. The molecule has 1 aromatic heterocycles. The van der Waals surface area contributed by atoms with Gasteiger partial charge in [-0.1, -0.05) is 54.3 Å². The number of carbonyl (C=O) groups excluding carboxylic acids is 1. The Labute approximate surface area is 182 Å². The minimum absolute atomic E-state index is 0.0827. The molecule has 2 aromatic rings. The third-order valence-electron chi connectivity index (χ3n) is 4.93. The number of thiophene rings is 1. The van der Waals surface area contributed by atoms with E-state index < -0.39 is 24.0 Å². The Bertz CT molecular complexity index is 1020. The lowest BCUT2D eigenvalue weighted by Crippen LogP contribution is -2.43. The minimum Gasteiger partial charge on any atom is -0.477 e. The van der Waals surface area contributed by atoms with Crippen LogP contribution in [0.4, 0.5) is 8.78 Å². The summed E-state index contributed by atoms with van der Waals surface area (Å²) in [6, 6.07) is 9.69. The Kier molecular flexibility index (Phi) is 7.21. The second-order valence-corrected chi connectivity index (χ2v) is 8.15. The highest BCUT2D eigenvalue weighted by atomic mass is 32.1. The molecule has 0 spiro atoms. The highest BCUT2D eigenvalue weighted by Crippen LogP contribution is 2.32. The van der Waals surface area contributed by atoms with Gasteiger partial charge in [-0.15, -0.1) is 11.3 Å². The number of likely N-dealkylation sites (tertiary alicyclic amines) is 1. The molecule has 162 valence electrons. The lowest BCUT2D eigenvalue weighted by atomic mass is 9.98. The molecule has 1 aromatic carbocycles. The Morgan fingerprint density at radius 2 is 2.03 bits per heavy atom. The van der Waals surface area contributed by atoms with E-state index in [1.165, 1.54) is 41.3 Å². The Morgan fingerprint density at radius 1 is 1.29 bits per heavy atom. The van der Waals surface area contributed by atoms with Gasteiger partial charge < -0.3 is 15.1 Å². The van der Waals surface area contributed by atoms with E-state index in [0.29, 0.717) is 24.1 Å². The van der Waals surface area contributed by atoms with E-state index >= 15 is 0 Å². The summed E-state index contributed by atoms with van der Waals surface area (Å²) in [5, 5.41) is 19.0. The fourth-order valence-electron chi connectivity index (χ4n) is 3.27. The average molecular weight is 445 g/mol. The zero-order valence-electron chi connectivity index (χ0n) is 16.5. The van der Waals surface area contributed by atoms with Crippen molar-refractivity contribution in [3.8, 4) is 11.8 Å². The molecule has 3 rings (SSSR count). The van der Waals surface area contributed by atoms with Gasteiger partial charge in [-0.3, -0.25) is 4.79 Å². The van der Waals surface area contributed by atoms with Gasteiger partial charge in [0, 0.05) is 12.0 Å². The largest absolute Gasteiger partial charge is 0.477 e. The van der Waals surface area contributed by atoms with Crippen molar-refractivity contribution in [2.75, 3.05) is 6.54 Å². The Morgan fingerprint density at radius 3 is 2.71 bits per heavy atom. The number of aromatic carboxylic acids is 1. The average Bonchev–Trinajstić information content (AvgIpc) is 3.23. The summed E-state index contributed by atoms with van der Waals surface area (Å²) in [5.41, 5.74) is -0.286. The molecule has 1 aliphatic heterocycles. The van der Waals surface area contributed by atoms with Crippen LogP contribution in [0.15, 0.2) is 54.6 Å². The van der Waals surface area contributed by atoms with E-state index in [1.807, 2.05) is 0 Å². The van der Waals surface area contributed by atoms with Gasteiger partial charge >= 0.3 is 11.9 Å². The van der Waals surface area contributed by atoms with Gasteiger partial charge in [0.25, 0.3) is 0 Å². The summed E-state index contributed by atoms with van der Waals surface area (Å²) < 4.78 is 29.0. The van der Waals surface area contributed by atoms with E-state index in [-0.39, 0.29) is 22.9 Å². The number of benzene rings is 1. The maximum absolute atomic E-state index is 14.5. The quantitative estimate of drug-likeness (QED) is 0.523. The zero-order valence-corrected chi connectivity index (χ0v) is 17.3. The van der Waals surface area contributed by atoms with Crippen molar-refractivity contribution >= 4 is 23.2 Å². The number of rotatable bonds is 6. The molecule has 1 aliphatic rings. The van der Waals surface area contributed by atoms with Crippen LogP contribution in [0.5, 0.6) is 0 Å². The maximum Gasteiger partial charge on any atom is 0.345 e. The molecule has 2 heterocycles. The zero-order chi connectivity index (χ0) is 22.4. The molecule has 1 fully saturated rings. The highest BCUT2D eigenvalue weighted by molar-refractivity contribution is 7.14. The maximum atomic E-state index is 14.5. The fraction of sp³-hybridized carbons (Fsp3) is 0.304. The Balaban J connectivity index is 1.69. The van der Waals surface area contributed by atoms with Crippen LogP contribution < -0.4 is 0 Å². The summed E-state index contributed by atoms with van der Waals surface area (Å²) in [6.07, 6.45) is 1.99. The molecule has 8 heteroatoms. The number of aliphatic hydroxyl groups is 1. The standard InChI is InChI=1S/C23H21F2NO4S/c24-23(25,16-6-2-1-3-7-16)20(27)14-11-17-8-4-10-21(28)26(17)15-5-9-18-12-13-19(31-18)22(29)30/h1-3,6-7,11-14,17,20,27H,4,8,10,15H2,(H,29,30)/t17-,20-/m1/s1. The minimum atomic E-state index is -3.46. The molecule has 0 bridgehead atoms. The molecule has 2 N–H and O–H groups in total. The predicted molar refractivity (Wildman–Crippen MR) is 113 cm³/mol. The number of carboxylic acid groups (broad SMARTS) is 1. The van der Waals surface area contributed by atoms with Crippen molar-refractivity contribution in [2.45, 2.75) is 37.3 Å². The van der Waals surface area contributed by atoms with Gasteiger partial charge in [0.1, 0.15) is 11.0 Å². The van der Waals surface area contributed by atoms with Crippen molar-refractivity contribution in [1.82, 2.24) is 4.90 Å². The van der Waals surface area contributed by atoms with Gasteiger partial charge in [0.15, 0.2) is 0 Å². The first-order valence-electron chi connectivity index (χ1n) is 9.70. The normalized spacial score (nSPS) is 18.0. The van der Waals surface area contributed by atoms with E-state index in [4.69, 9.17) is 5.11 Å². The molecular formula is C23H21F2NO4S. The van der Waals surface area contributed by atoms with Gasteiger partial charge in [-0.05, 0) is 25.0 Å². The molecule has 0 unspecified atom stereocenters. The van der Waals surface area contributed by atoms with Crippen molar-refractivity contribution in [1.29, 1.82) is 0 Å². The summed E-state index contributed by atoms with van der Waals surface area (Å²) in [7, 11) is 0. The van der Waals surface area contributed by atoms with Gasteiger partial charge in [0.2, 0.25) is 5.91 Å². The van der Waals surface area contributed by atoms with Crippen LogP contribution >= 0.6 is 11.3 Å². The number of halogens is 2. The number of aliphatic hydroxyl groups excluding tert-OH is 1. The number of hydrogen-bond acceptors (Lipinski definition) is 4. The molecule has 1 amide bonds. The SMILES string of the molecule is O=C(O)c1ccc(C#CCN2C(=O)CCC[C@@H]2C=C[C@@H](O)C(F)(F)c2ccccc2)s1. The topological polar surface area (TPSA) is 77.8 Å². The van der Waals surface area contributed by atoms with Crippen LogP contribution in [0.3, 0.4) is 0 Å². The number of piperidine rings is 1. The molecule has 2 atom stereocenters. The van der Waals surface area contributed by atoms with Crippen LogP contribution in [0.2, 0.25) is 0 Å². The van der Waals surface area contributed by atoms with Gasteiger partial charge in [-0.25, -0.2) is 4.79 Å². The third kappa shape index (κ3) is 5.57. The molecule has 1 saturated heterocycles. The van der Waals surface area contributed by atoms with E-state index in [0.717, 1.165) is 17.4 Å². The lowest BCUT2D eigenvalue weighted by molar-refractivity contribution is -0.134. The lowest BCUT2D eigenvalue weighted by Gasteiger charge is -2.32. The number of carbonyl (C=O) groups is 2. The summed E-state index contributed by atoms with van der Waals surface area (Å²) in [6.45, 7) is 0.0827. The first-order chi connectivity index (χ1) is 14.8. The van der Waals surface area contributed by atoms with Crippen LogP contribution in [0, 0.1) is 11.8 Å². The molecule has 0 saturated carbocycles. The summed E-state index contributed by atoms with van der Waals surface area (Å²) >= 11 is 1.04. The van der Waals surface area contributed by atoms with Crippen molar-refractivity contribution in [3.05, 3.63) is 69.9 Å². The smallest absolute Gasteiger partial charge is 0.345 e. The second kappa shape index (κ2) is 9.86. The fourth-order valence-corrected chi connectivity index (χ4v) is 3.99. The van der Waals surface area contributed by atoms with Gasteiger partial charge in [-0.2, -0.15) is 8.78 Å². The van der Waals surface area contributed by atoms with Crippen LogP contribution in [-0.2, 0) is 10.7 Å². The first-order valence-corrected chi connectivity index (χ1v) is 10.5. The van der Waals surface area contributed by atoms with E-state index in [2.05, 4.69) is 11.8 Å². The molecule has 31 heavy (non-hydrogen) atoms. The molecular weight excluding hydrogens is 424 g/mol. The molecule has 0 radical (unpaired) electrons.